The zero-order chi connectivity index (χ0) is 17.6. The van der Waals surface area contributed by atoms with Crippen LogP contribution in [0.5, 0.6) is 0 Å². The van der Waals surface area contributed by atoms with Crippen molar-refractivity contribution in [2.45, 2.75) is 5.25 Å². The van der Waals surface area contributed by atoms with E-state index >= 15 is 0 Å². The summed E-state index contributed by atoms with van der Waals surface area (Å²) in [6, 6.07) is 12.5. The highest BCUT2D eigenvalue weighted by molar-refractivity contribution is 8.15. The number of imide groups is 1. The van der Waals surface area contributed by atoms with Crippen molar-refractivity contribution >= 4 is 45.9 Å². The fourth-order valence-corrected chi connectivity index (χ4v) is 3.92. The van der Waals surface area contributed by atoms with Crippen molar-refractivity contribution in [1.82, 2.24) is 0 Å². The van der Waals surface area contributed by atoms with E-state index in [1.54, 1.807) is 24.3 Å². The van der Waals surface area contributed by atoms with Gasteiger partial charge in [0.2, 0.25) is 0 Å². The molecule has 2 aliphatic rings. The molecule has 4 nitrogen and oxygen atoms in total. The van der Waals surface area contributed by atoms with Crippen LogP contribution in [0, 0.1) is 5.82 Å². The SMILES string of the molecule is O=C1C2=CN=C(c3ccc(Cl)cc3)SC2C(=O)N1c1cccc(F)c1. The zero-order valence-electron chi connectivity index (χ0n) is 12.6. The van der Waals surface area contributed by atoms with Gasteiger partial charge in [-0.05, 0) is 30.3 Å². The maximum absolute atomic E-state index is 13.5. The van der Waals surface area contributed by atoms with Gasteiger partial charge in [-0.25, -0.2) is 14.3 Å². The number of halogens is 2. The number of nitrogens with zero attached hydrogens (tertiary/aromatic N) is 2. The van der Waals surface area contributed by atoms with Crippen LogP contribution < -0.4 is 4.90 Å². The van der Waals surface area contributed by atoms with E-state index in [0.29, 0.717) is 15.6 Å². The average molecular weight is 373 g/mol. The number of fused-ring (bicyclic) bond motifs is 1. The molecule has 7 heteroatoms. The Morgan fingerprint density at radius 2 is 1.88 bits per heavy atom. The predicted molar refractivity (Wildman–Crippen MR) is 96.3 cm³/mol. The summed E-state index contributed by atoms with van der Waals surface area (Å²) in [4.78, 5) is 30.6. The molecule has 0 radical (unpaired) electrons. The molecule has 1 saturated heterocycles. The summed E-state index contributed by atoms with van der Waals surface area (Å²) >= 11 is 7.10. The first-order valence-corrected chi connectivity index (χ1v) is 8.65. The lowest BCUT2D eigenvalue weighted by Crippen LogP contribution is -2.31. The van der Waals surface area contributed by atoms with Crippen LogP contribution in [-0.2, 0) is 9.59 Å². The Labute approximate surface area is 152 Å². The minimum absolute atomic E-state index is 0.221. The lowest BCUT2D eigenvalue weighted by molar-refractivity contribution is -0.120. The number of thioether (sulfide) groups is 1. The van der Waals surface area contributed by atoms with E-state index in [4.69, 9.17) is 11.6 Å². The van der Waals surface area contributed by atoms with Crippen molar-refractivity contribution in [1.29, 1.82) is 0 Å². The van der Waals surface area contributed by atoms with Crippen LogP contribution in [0.3, 0.4) is 0 Å². The van der Waals surface area contributed by atoms with Gasteiger partial charge in [0.25, 0.3) is 11.8 Å². The van der Waals surface area contributed by atoms with Gasteiger partial charge >= 0.3 is 0 Å². The molecule has 2 amide bonds. The van der Waals surface area contributed by atoms with Crippen LogP contribution >= 0.6 is 23.4 Å². The van der Waals surface area contributed by atoms with Crippen molar-refractivity contribution in [3.63, 3.8) is 0 Å². The highest BCUT2D eigenvalue weighted by Gasteiger charge is 2.46. The maximum Gasteiger partial charge on any atom is 0.264 e. The Morgan fingerprint density at radius 1 is 1.12 bits per heavy atom. The fourth-order valence-electron chi connectivity index (χ4n) is 2.69. The third-order valence-corrected chi connectivity index (χ3v) is 5.39. The second-order valence-electron chi connectivity index (χ2n) is 5.48. The van der Waals surface area contributed by atoms with Crippen LogP contribution in [0.2, 0.25) is 5.02 Å². The van der Waals surface area contributed by atoms with Crippen LogP contribution in [0.15, 0.2) is 65.3 Å². The molecule has 1 atom stereocenters. The summed E-state index contributed by atoms with van der Waals surface area (Å²) in [5.74, 6) is -1.37. The van der Waals surface area contributed by atoms with E-state index in [1.807, 2.05) is 0 Å². The number of hydrogen-bond acceptors (Lipinski definition) is 4. The zero-order valence-corrected chi connectivity index (χ0v) is 14.2. The molecule has 2 heterocycles. The lowest BCUT2D eigenvalue weighted by Gasteiger charge is -2.15. The number of anilines is 1. The number of aliphatic imine (C=N–C) groups is 1. The van der Waals surface area contributed by atoms with Crippen molar-refractivity contribution < 1.29 is 14.0 Å². The van der Waals surface area contributed by atoms with Gasteiger partial charge < -0.3 is 0 Å². The van der Waals surface area contributed by atoms with Crippen LogP contribution in [0.25, 0.3) is 0 Å². The van der Waals surface area contributed by atoms with Gasteiger partial charge in [-0.3, -0.25) is 9.59 Å². The monoisotopic (exact) mass is 372 g/mol. The quantitative estimate of drug-likeness (QED) is 0.753. The molecule has 0 N–H and O–H groups in total. The van der Waals surface area contributed by atoms with Crippen molar-refractivity contribution in [2.24, 2.45) is 4.99 Å². The van der Waals surface area contributed by atoms with Gasteiger partial charge in [0.05, 0.1) is 11.3 Å². The van der Waals surface area contributed by atoms with Gasteiger partial charge in [0.1, 0.15) is 16.1 Å². The summed E-state index contributed by atoms with van der Waals surface area (Å²) in [5.41, 5.74) is 1.34. The molecule has 0 aromatic heterocycles. The van der Waals surface area contributed by atoms with Crippen LogP contribution in [0.4, 0.5) is 10.1 Å². The Morgan fingerprint density at radius 3 is 2.60 bits per heavy atom. The largest absolute Gasteiger partial charge is 0.272 e. The third kappa shape index (κ3) is 2.77. The molecule has 1 fully saturated rings. The number of carbonyl (C=O) groups excluding carboxylic acids is 2. The van der Waals surface area contributed by atoms with Crippen LogP contribution in [0.1, 0.15) is 5.56 Å². The molecule has 0 aliphatic carbocycles. The smallest absolute Gasteiger partial charge is 0.264 e. The first-order chi connectivity index (χ1) is 12.0. The molecular weight excluding hydrogens is 363 g/mol. The molecule has 2 aromatic carbocycles. The maximum atomic E-state index is 13.5. The van der Waals surface area contributed by atoms with Gasteiger partial charge in [-0.2, -0.15) is 0 Å². The highest BCUT2D eigenvalue weighted by atomic mass is 35.5. The molecule has 25 heavy (non-hydrogen) atoms. The van der Waals surface area contributed by atoms with E-state index in [2.05, 4.69) is 4.99 Å². The van der Waals surface area contributed by atoms with Crippen molar-refractivity contribution in [3.05, 3.63) is 76.7 Å². The number of hydrogen-bond donors (Lipinski definition) is 0. The number of amides is 2. The first-order valence-electron chi connectivity index (χ1n) is 7.39. The van der Waals surface area contributed by atoms with Gasteiger partial charge in [-0.1, -0.05) is 41.6 Å². The average Bonchev–Trinajstić information content (AvgIpc) is 2.86. The highest BCUT2D eigenvalue weighted by Crippen LogP contribution is 2.38. The first kappa shape index (κ1) is 16.1. The summed E-state index contributed by atoms with van der Waals surface area (Å²) in [6.45, 7) is 0. The fraction of sp³-hybridized carbons (Fsp3) is 0.0556. The van der Waals surface area contributed by atoms with E-state index in [1.165, 1.54) is 42.2 Å². The van der Waals surface area contributed by atoms with Crippen LogP contribution in [-0.4, -0.2) is 22.1 Å². The van der Waals surface area contributed by atoms with E-state index < -0.39 is 22.9 Å². The summed E-state index contributed by atoms with van der Waals surface area (Å²) in [5, 5.41) is 0.553. The summed E-state index contributed by atoms with van der Waals surface area (Å²) in [7, 11) is 0. The Balaban J connectivity index is 1.67. The molecule has 0 bridgehead atoms. The Kier molecular flexibility index (Phi) is 3.94. The summed E-state index contributed by atoms with van der Waals surface area (Å²) in [6.07, 6.45) is 1.42. The minimum Gasteiger partial charge on any atom is -0.272 e. The van der Waals surface area contributed by atoms with Gasteiger partial charge in [0, 0.05) is 16.8 Å². The minimum atomic E-state index is -0.682. The van der Waals surface area contributed by atoms with Crippen molar-refractivity contribution in [2.75, 3.05) is 4.90 Å². The lowest BCUT2D eigenvalue weighted by atomic mass is 10.2. The van der Waals surface area contributed by atoms with Gasteiger partial charge in [0.15, 0.2) is 0 Å². The van der Waals surface area contributed by atoms with E-state index in [9.17, 15) is 14.0 Å². The molecule has 2 aromatic rings. The van der Waals surface area contributed by atoms with E-state index in [-0.39, 0.29) is 5.69 Å². The molecule has 4 rings (SSSR count). The van der Waals surface area contributed by atoms with E-state index in [0.717, 1.165) is 10.5 Å². The Hall–Kier alpha value is -2.44. The number of benzene rings is 2. The molecule has 2 aliphatic heterocycles. The third-order valence-electron chi connectivity index (χ3n) is 3.89. The standard InChI is InChI=1S/C18H10ClFN2O2S/c19-11-6-4-10(5-7-11)16-21-9-14-15(25-16)18(24)22(17(14)23)13-3-1-2-12(20)8-13/h1-9,15H. The van der Waals surface area contributed by atoms with Crippen molar-refractivity contribution in [3.8, 4) is 0 Å². The predicted octanol–water partition coefficient (Wildman–Crippen LogP) is 3.80. The molecule has 0 saturated carbocycles. The molecule has 1 unspecified atom stereocenters. The second kappa shape index (κ2) is 6.13. The molecular formula is C18H10ClFN2O2S. The Bertz CT molecular complexity index is 956. The molecule has 0 spiro atoms. The topological polar surface area (TPSA) is 49.7 Å². The number of rotatable bonds is 2. The second-order valence-corrected chi connectivity index (χ2v) is 7.01. The normalized spacial score (nSPS) is 19.6. The number of carbonyl (C=O) groups is 2. The summed E-state index contributed by atoms with van der Waals surface area (Å²) < 4.78 is 13.5. The molecule has 124 valence electrons. The van der Waals surface area contributed by atoms with Gasteiger partial charge in [-0.15, -0.1) is 0 Å².